The number of ether oxygens (including phenoxy) is 3. The van der Waals surface area contributed by atoms with Crippen LogP contribution in [0.3, 0.4) is 0 Å². The van der Waals surface area contributed by atoms with Crippen LogP contribution in [-0.2, 0) is 20.7 Å². The quantitative estimate of drug-likeness (QED) is 0.844. The number of hydrogen-bond donors (Lipinski definition) is 2. The fraction of sp³-hybridized carbons (Fsp3) is 0.500. The Morgan fingerprint density at radius 1 is 1.43 bits per heavy atom. The fourth-order valence-corrected chi connectivity index (χ4v) is 2.89. The first-order chi connectivity index (χ1) is 11.0. The molecule has 2 atom stereocenters. The van der Waals surface area contributed by atoms with Gasteiger partial charge in [0.2, 0.25) is 5.91 Å². The number of carbonyl (C=O) groups excluding carboxylic acids is 1. The highest BCUT2D eigenvalue weighted by atomic mass is 16.5. The van der Waals surface area contributed by atoms with Crippen LogP contribution in [0.15, 0.2) is 18.2 Å². The third-order valence-corrected chi connectivity index (χ3v) is 4.34. The fourth-order valence-electron chi connectivity index (χ4n) is 2.89. The lowest BCUT2D eigenvalue weighted by Crippen LogP contribution is -2.57. The summed E-state index contributed by atoms with van der Waals surface area (Å²) in [5.41, 5.74) is -0.450. The molecular formula is C16H19NO6. The van der Waals surface area contributed by atoms with Crippen LogP contribution < -0.4 is 14.8 Å². The van der Waals surface area contributed by atoms with Gasteiger partial charge in [0, 0.05) is 13.0 Å². The monoisotopic (exact) mass is 321 g/mol. The van der Waals surface area contributed by atoms with E-state index in [1.807, 2.05) is 12.1 Å². The van der Waals surface area contributed by atoms with E-state index in [1.54, 1.807) is 13.2 Å². The van der Waals surface area contributed by atoms with Crippen molar-refractivity contribution in [1.29, 1.82) is 0 Å². The normalized spacial score (nSPS) is 26.0. The number of aliphatic carboxylic acids is 1. The summed E-state index contributed by atoms with van der Waals surface area (Å²) in [5, 5.41) is 12.0. The number of methoxy groups -OCH3 is 1. The summed E-state index contributed by atoms with van der Waals surface area (Å²) in [6, 6.07) is 5.45. The Balaban J connectivity index is 1.72. The lowest BCUT2D eigenvalue weighted by Gasteiger charge is -2.29. The van der Waals surface area contributed by atoms with Gasteiger partial charge in [0.05, 0.1) is 19.6 Å². The van der Waals surface area contributed by atoms with Crippen molar-refractivity contribution < 1.29 is 28.9 Å². The lowest BCUT2D eigenvalue weighted by atomic mass is 9.93. The molecule has 0 bridgehead atoms. The van der Waals surface area contributed by atoms with E-state index >= 15 is 0 Å². The number of rotatable bonds is 4. The Labute approximate surface area is 133 Å². The van der Waals surface area contributed by atoms with E-state index < -0.39 is 17.4 Å². The SMILES string of the molecule is COc1ccc2c(c1)CC(C(=O)NC1(C(=O)O)CCOC1)CO2. The van der Waals surface area contributed by atoms with Gasteiger partial charge in [-0.3, -0.25) is 4.79 Å². The molecule has 2 aliphatic rings. The molecule has 124 valence electrons. The van der Waals surface area contributed by atoms with Crippen LogP contribution in [0.5, 0.6) is 11.5 Å². The van der Waals surface area contributed by atoms with Crippen LogP contribution in [-0.4, -0.2) is 49.5 Å². The third kappa shape index (κ3) is 2.96. The van der Waals surface area contributed by atoms with Crippen molar-refractivity contribution in [2.45, 2.75) is 18.4 Å². The smallest absolute Gasteiger partial charge is 0.331 e. The predicted octanol–water partition coefficient (Wildman–Crippen LogP) is 0.606. The summed E-state index contributed by atoms with van der Waals surface area (Å²) in [6.07, 6.45) is 0.751. The minimum absolute atomic E-state index is 0.00788. The molecule has 2 aliphatic heterocycles. The number of amides is 1. The van der Waals surface area contributed by atoms with Crippen LogP contribution in [0.2, 0.25) is 0 Å². The zero-order chi connectivity index (χ0) is 16.4. The Bertz CT molecular complexity index is 623. The first-order valence-electron chi connectivity index (χ1n) is 7.47. The van der Waals surface area contributed by atoms with Crippen molar-refractivity contribution in [3.63, 3.8) is 0 Å². The van der Waals surface area contributed by atoms with Gasteiger partial charge in [-0.25, -0.2) is 4.79 Å². The lowest BCUT2D eigenvalue weighted by molar-refractivity contribution is -0.148. The summed E-state index contributed by atoms with van der Waals surface area (Å²) in [7, 11) is 1.58. The van der Waals surface area contributed by atoms with Gasteiger partial charge in [0.15, 0.2) is 5.54 Å². The topological polar surface area (TPSA) is 94.1 Å². The molecule has 0 aromatic heterocycles. The standard InChI is InChI=1S/C16H19NO6/c1-21-12-2-3-13-10(7-12)6-11(8-23-13)14(18)17-16(15(19)20)4-5-22-9-16/h2-3,7,11H,4-6,8-9H2,1H3,(H,17,18)(H,19,20). The van der Waals surface area contributed by atoms with Crippen LogP contribution >= 0.6 is 0 Å². The maximum Gasteiger partial charge on any atom is 0.331 e. The second-order valence-electron chi connectivity index (χ2n) is 5.86. The maximum atomic E-state index is 12.5. The molecular weight excluding hydrogens is 302 g/mol. The average molecular weight is 321 g/mol. The van der Waals surface area contributed by atoms with Crippen molar-refractivity contribution in [1.82, 2.24) is 5.32 Å². The van der Waals surface area contributed by atoms with E-state index in [2.05, 4.69) is 5.32 Å². The highest BCUT2D eigenvalue weighted by Crippen LogP contribution is 2.31. The van der Waals surface area contributed by atoms with Gasteiger partial charge in [0.25, 0.3) is 0 Å². The summed E-state index contributed by atoms with van der Waals surface area (Å²) in [5.74, 6) is -0.411. The predicted molar refractivity (Wildman–Crippen MR) is 79.6 cm³/mol. The minimum Gasteiger partial charge on any atom is -0.497 e. The molecule has 2 N–H and O–H groups in total. The number of carboxylic acid groups (broad SMARTS) is 1. The molecule has 1 aromatic rings. The Hall–Kier alpha value is -2.28. The van der Waals surface area contributed by atoms with Crippen LogP contribution in [0, 0.1) is 5.92 Å². The first-order valence-corrected chi connectivity index (χ1v) is 7.47. The van der Waals surface area contributed by atoms with Crippen molar-refractivity contribution in [2.75, 3.05) is 26.9 Å². The van der Waals surface area contributed by atoms with Crippen LogP contribution in [0.25, 0.3) is 0 Å². The Morgan fingerprint density at radius 3 is 2.91 bits per heavy atom. The van der Waals surface area contributed by atoms with Gasteiger partial charge >= 0.3 is 5.97 Å². The summed E-state index contributed by atoms with van der Waals surface area (Å²) in [6.45, 7) is 0.543. The molecule has 7 heteroatoms. The molecule has 0 spiro atoms. The highest BCUT2D eigenvalue weighted by molar-refractivity contribution is 5.88. The van der Waals surface area contributed by atoms with Crippen LogP contribution in [0.1, 0.15) is 12.0 Å². The van der Waals surface area contributed by atoms with Gasteiger partial charge in [0.1, 0.15) is 18.1 Å². The maximum absolute atomic E-state index is 12.5. The summed E-state index contributed by atoms with van der Waals surface area (Å²) in [4.78, 5) is 24.0. The molecule has 1 saturated heterocycles. The number of carboxylic acids is 1. The third-order valence-electron chi connectivity index (χ3n) is 4.34. The molecule has 0 radical (unpaired) electrons. The Kier molecular flexibility index (Phi) is 4.12. The van der Waals surface area contributed by atoms with Crippen molar-refractivity contribution in [3.05, 3.63) is 23.8 Å². The minimum atomic E-state index is -1.33. The first kappa shape index (κ1) is 15.6. The van der Waals surface area contributed by atoms with Gasteiger partial charge < -0.3 is 24.6 Å². The molecule has 1 amide bonds. The molecule has 0 saturated carbocycles. The second kappa shape index (κ2) is 6.08. The van der Waals surface area contributed by atoms with E-state index in [0.717, 1.165) is 11.3 Å². The van der Waals surface area contributed by atoms with Gasteiger partial charge in [-0.2, -0.15) is 0 Å². The number of nitrogens with one attached hydrogen (secondary N) is 1. The number of fused-ring (bicyclic) bond motifs is 1. The van der Waals surface area contributed by atoms with E-state index in [-0.39, 0.29) is 25.5 Å². The number of carbonyl (C=O) groups is 2. The van der Waals surface area contributed by atoms with E-state index in [4.69, 9.17) is 14.2 Å². The second-order valence-corrected chi connectivity index (χ2v) is 5.86. The molecule has 2 unspecified atom stereocenters. The molecule has 0 aliphatic carbocycles. The zero-order valence-corrected chi connectivity index (χ0v) is 12.8. The highest BCUT2D eigenvalue weighted by Gasteiger charge is 2.45. The molecule has 3 rings (SSSR count). The largest absolute Gasteiger partial charge is 0.497 e. The number of benzene rings is 1. The van der Waals surface area contributed by atoms with Gasteiger partial charge in [-0.1, -0.05) is 0 Å². The van der Waals surface area contributed by atoms with Crippen LogP contribution in [0.4, 0.5) is 0 Å². The Morgan fingerprint density at radius 2 is 2.26 bits per heavy atom. The van der Waals surface area contributed by atoms with Gasteiger partial charge in [-0.15, -0.1) is 0 Å². The van der Waals surface area contributed by atoms with Crippen molar-refractivity contribution in [2.24, 2.45) is 5.92 Å². The summed E-state index contributed by atoms with van der Waals surface area (Å²) < 4.78 is 16.0. The molecule has 23 heavy (non-hydrogen) atoms. The summed E-state index contributed by atoms with van der Waals surface area (Å²) >= 11 is 0. The molecule has 7 nitrogen and oxygen atoms in total. The van der Waals surface area contributed by atoms with E-state index in [9.17, 15) is 14.7 Å². The molecule has 1 aromatic carbocycles. The van der Waals surface area contributed by atoms with Crippen molar-refractivity contribution in [3.8, 4) is 11.5 Å². The van der Waals surface area contributed by atoms with E-state index in [1.165, 1.54) is 0 Å². The van der Waals surface area contributed by atoms with E-state index in [0.29, 0.717) is 18.8 Å². The molecule has 1 fully saturated rings. The zero-order valence-electron chi connectivity index (χ0n) is 12.8. The van der Waals surface area contributed by atoms with Crippen molar-refractivity contribution >= 4 is 11.9 Å². The number of hydrogen-bond acceptors (Lipinski definition) is 5. The van der Waals surface area contributed by atoms with Gasteiger partial charge in [-0.05, 0) is 30.2 Å². The molecule has 2 heterocycles. The average Bonchev–Trinajstić information content (AvgIpc) is 3.03.